The quantitative estimate of drug-likeness (QED) is 0.576. The van der Waals surface area contributed by atoms with Gasteiger partial charge in [0.1, 0.15) is 0 Å². The van der Waals surface area contributed by atoms with Gasteiger partial charge < -0.3 is 4.98 Å². The highest BCUT2D eigenvalue weighted by molar-refractivity contribution is 7.71. The van der Waals surface area contributed by atoms with Crippen molar-refractivity contribution in [2.24, 2.45) is 0 Å². The highest BCUT2D eigenvalue weighted by Gasteiger charge is 2.14. The maximum Gasteiger partial charge on any atom is 0.182 e. The molecule has 3 aromatic rings. The Balaban J connectivity index is 2.19. The third kappa shape index (κ3) is 2.63. The molecule has 0 aliphatic rings. The van der Waals surface area contributed by atoms with Gasteiger partial charge in [-0.25, -0.2) is 0 Å². The number of halogens is 1. The zero-order chi connectivity index (χ0) is 15.2. The van der Waals surface area contributed by atoms with Gasteiger partial charge in [0, 0.05) is 10.7 Å². The lowest BCUT2D eigenvalue weighted by Crippen LogP contribution is -2.10. The van der Waals surface area contributed by atoms with Gasteiger partial charge in [-0.3, -0.25) is 4.57 Å². The highest BCUT2D eigenvalue weighted by atomic mass is 35.5. The summed E-state index contributed by atoms with van der Waals surface area (Å²) in [5, 5.41) is 0.705. The third-order valence-corrected chi connectivity index (χ3v) is 4.16. The van der Waals surface area contributed by atoms with Crippen LogP contribution in [0.25, 0.3) is 16.7 Å². The number of hydrogen-bond donors (Lipinski definition) is 1. The first-order valence-corrected chi connectivity index (χ1v) is 7.66. The average molecular weight is 317 g/mol. The van der Waals surface area contributed by atoms with Crippen molar-refractivity contribution in [1.29, 1.82) is 0 Å². The number of nitrogens with one attached hydrogen (secondary N) is 1. The molecule has 4 heteroatoms. The largest absolute Gasteiger partial charge is 0.330 e. The van der Waals surface area contributed by atoms with Gasteiger partial charge >= 0.3 is 0 Å². The molecule has 108 valence electrons. The Kier molecular flexibility index (Phi) is 3.42. The van der Waals surface area contributed by atoms with Crippen LogP contribution in [0.1, 0.15) is 26.3 Å². The number of imidazole rings is 1. The summed E-state index contributed by atoms with van der Waals surface area (Å²) < 4.78 is 2.69. The van der Waals surface area contributed by atoms with Gasteiger partial charge in [0.2, 0.25) is 0 Å². The summed E-state index contributed by atoms with van der Waals surface area (Å²) >= 11 is 11.6. The molecule has 0 atom stereocenters. The van der Waals surface area contributed by atoms with Gasteiger partial charge in [0.25, 0.3) is 0 Å². The van der Waals surface area contributed by atoms with Gasteiger partial charge in [-0.1, -0.05) is 44.5 Å². The van der Waals surface area contributed by atoms with Crippen molar-refractivity contribution in [2.75, 3.05) is 0 Å². The smallest absolute Gasteiger partial charge is 0.182 e. The van der Waals surface area contributed by atoms with Gasteiger partial charge in [0.05, 0.1) is 11.0 Å². The summed E-state index contributed by atoms with van der Waals surface area (Å²) in [7, 11) is 0. The molecule has 0 spiro atoms. The van der Waals surface area contributed by atoms with Crippen LogP contribution in [0.3, 0.4) is 0 Å². The molecule has 2 aromatic carbocycles. The number of H-pyrrole nitrogens is 1. The fourth-order valence-electron chi connectivity index (χ4n) is 2.44. The predicted octanol–water partition coefficient (Wildman–Crippen LogP) is 5.64. The summed E-state index contributed by atoms with van der Waals surface area (Å²) in [6, 6.07) is 14.3. The summed E-state index contributed by atoms with van der Waals surface area (Å²) in [6.45, 7) is 6.62. The number of hydrogen-bond acceptors (Lipinski definition) is 1. The molecule has 0 unspecified atom stereocenters. The second kappa shape index (κ2) is 5.00. The van der Waals surface area contributed by atoms with Gasteiger partial charge in [-0.2, -0.15) is 0 Å². The molecule has 21 heavy (non-hydrogen) atoms. The van der Waals surface area contributed by atoms with Crippen molar-refractivity contribution in [3.05, 3.63) is 57.8 Å². The highest BCUT2D eigenvalue weighted by Crippen LogP contribution is 2.26. The second-order valence-corrected chi connectivity index (χ2v) is 7.05. The molecular formula is C17H17ClN2S. The summed E-state index contributed by atoms with van der Waals surface area (Å²) in [6.07, 6.45) is 0. The lowest BCUT2D eigenvalue weighted by atomic mass is 9.87. The minimum atomic E-state index is 0.142. The molecule has 2 nitrogen and oxygen atoms in total. The van der Waals surface area contributed by atoms with Crippen molar-refractivity contribution < 1.29 is 0 Å². The van der Waals surface area contributed by atoms with E-state index in [1.54, 1.807) is 0 Å². The maximum atomic E-state index is 6.11. The minimum Gasteiger partial charge on any atom is -0.330 e. The summed E-state index contributed by atoms with van der Waals surface area (Å²) in [5.74, 6) is 0. The Labute approximate surface area is 134 Å². The Morgan fingerprint density at radius 1 is 1.05 bits per heavy atom. The van der Waals surface area contributed by atoms with Crippen LogP contribution >= 0.6 is 23.8 Å². The SMILES string of the molecule is CC(C)(C)c1ccc(-n2c(=S)[nH]c3ccc(Cl)cc32)cc1. The van der Waals surface area contributed by atoms with Crippen LogP contribution in [0.5, 0.6) is 0 Å². The van der Waals surface area contributed by atoms with Gasteiger partial charge in [-0.15, -0.1) is 0 Å². The van der Waals surface area contributed by atoms with E-state index in [0.717, 1.165) is 16.7 Å². The topological polar surface area (TPSA) is 20.7 Å². The van der Waals surface area contributed by atoms with E-state index < -0.39 is 0 Å². The molecule has 0 fully saturated rings. The maximum absolute atomic E-state index is 6.11. The molecule has 0 aliphatic carbocycles. The first kappa shape index (κ1) is 14.4. The molecule has 3 rings (SSSR count). The number of benzene rings is 2. The van der Waals surface area contributed by atoms with Gasteiger partial charge in [0.15, 0.2) is 4.77 Å². The Morgan fingerprint density at radius 3 is 2.33 bits per heavy atom. The zero-order valence-electron chi connectivity index (χ0n) is 12.3. The van der Waals surface area contributed by atoms with Gasteiger partial charge in [-0.05, 0) is 53.5 Å². The fourth-order valence-corrected chi connectivity index (χ4v) is 2.92. The fraction of sp³-hybridized carbons (Fsp3) is 0.235. The number of rotatable bonds is 1. The van der Waals surface area contributed by atoms with E-state index >= 15 is 0 Å². The monoisotopic (exact) mass is 316 g/mol. The lowest BCUT2D eigenvalue weighted by molar-refractivity contribution is 0.590. The Bertz CT molecular complexity index is 851. The van der Waals surface area contributed by atoms with E-state index in [4.69, 9.17) is 23.8 Å². The van der Waals surface area contributed by atoms with E-state index in [1.165, 1.54) is 5.56 Å². The van der Waals surface area contributed by atoms with Crippen molar-refractivity contribution in [2.45, 2.75) is 26.2 Å². The van der Waals surface area contributed by atoms with Crippen LogP contribution < -0.4 is 0 Å². The number of aromatic amines is 1. The third-order valence-electron chi connectivity index (χ3n) is 3.64. The lowest BCUT2D eigenvalue weighted by Gasteiger charge is -2.19. The second-order valence-electron chi connectivity index (χ2n) is 6.22. The number of fused-ring (bicyclic) bond motifs is 1. The minimum absolute atomic E-state index is 0.142. The summed E-state index contributed by atoms with van der Waals surface area (Å²) in [5.41, 5.74) is 4.47. The molecule has 0 saturated heterocycles. The van der Waals surface area contributed by atoms with E-state index in [0.29, 0.717) is 9.79 Å². The normalized spacial score (nSPS) is 12.0. The van der Waals surface area contributed by atoms with Crippen molar-refractivity contribution in [3.63, 3.8) is 0 Å². The molecule has 1 aromatic heterocycles. The Morgan fingerprint density at radius 2 is 1.71 bits per heavy atom. The first-order valence-electron chi connectivity index (χ1n) is 6.87. The number of aromatic nitrogens is 2. The average Bonchev–Trinajstić information content (AvgIpc) is 2.73. The van der Waals surface area contributed by atoms with E-state index in [2.05, 4.69) is 50.0 Å². The van der Waals surface area contributed by atoms with Crippen LogP contribution in [0.2, 0.25) is 5.02 Å². The predicted molar refractivity (Wildman–Crippen MR) is 92.2 cm³/mol. The molecule has 0 amide bonds. The van der Waals surface area contributed by atoms with E-state index in [9.17, 15) is 0 Å². The molecule has 0 bridgehead atoms. The van der Waals surface area contributed by atoms with E-state index in [-0.39, 0.29) is 5.41 Å². The zero-order valence-corrected chi connectivity index (χ0v) is 13.8. The first-order chi connectivity index (χ1) is 9.86. The van der Waals surface area contributed by atoms with Crippen LogP contribution in [-0.2, 0) is 5.41 Å². The molecule has 1 N–H and O–H groups in total. The van der Waals surface area contributed by atoms with Crippen LogP contribution in [-0.4, -0.2) is 9.55 Å². The van der Waals surface area contributed by atoms with Crippen LogP contribution in [0, 0.1) is 4.77 Å². The Hall–Kier alpha value is -1.58. The molecular weight excluding hydrogens is 300 g/mol. The molecule has 0 saturated carbocycles. The van der Waals surface area contributed by atoms with Crippen molar-refractivity contribution >= 4 is 34.9 Å². The van der Waals surface area contributed by atoms with Crippen molar-refractivity contribution in [1.82, 2.24) is 9.55 Å². The molecule has 1 heterocycles. The van der Waals surface area contributed by atoms with E-state index in [1.807, 2.05) is 22.8 Å². The number of nitrogens with zero attached hydrogens (tertiary/aromatic N) is 1. The summed E-state index contributed by atoms with van der Waals surface area (Å²) in [4.78, 5) is 3.22. The standard InChI is InChI=1S/C17H17ClN2S/c1-17(2,3)11-4-7-13(8-5-11)20-15-10-12(18)6-9-14(15)19-16(20)21/h4-10H,1-3H3,(H,19,21). The van der Waals surface area contributed by atoms with Crippen LogP contribution in [0.15, 0.2) is 42.5 Å². The van der Waals surface area contributed by atoms with Crippen molar-refractivity contribution in [3.8, 4) is 5.69 Å². The van der Waals surface area contributed by atoms with Crippen LogP contribution in [0.4, 0.5) is 0 Å². The molecule has 0 radical (unpaired) electrons. The molecule has 0 aliphatic heterocycles.